The molecule has 0 spiro atoms. The third-order valence-electron chi connectivity index (χ3n) is 4.32. The van der Waals surface area contributed by atoms with Crippen LogP contribution in [0.15, 0.2) is 30.6 Å². The van der Waals surface area contributed by atoms with Crippen LogP contribution in [0.1, 0.15) is 24.1 Å². The van der Waals surface area contributed by atoms with Gasteiger partial charge < -0.3 is 10.0 Å². The summed E-state index contributed by atoms with van der Waals surface area (Å²) in [4.78, 5) is 31.6. The molecule has 0 radical (unpaired) electrons. The third-order valence-corrected chi connectivity index (χ3v) is 4.32. The van der Waals surface area contributed by atoms with Gasteiger partial charge in [0.15, 0.2) is 5.69 Å². The highest BCUT2D eigenvalue weighted by molar-refractivity contribution is 5.71. The Hall–Kier alpha value is -3.54. The molecule has 0 aliphatic carbocycles. The molecule has 1 aliphatic rings. The number of halogens is 1. The van der Waals surface area contributed by atoms with E-state index in [2.05, 4.69) is 21.8 Å². The summed E-state index contributed by atoms with van der Waals surface area (Å²) in [5.41, 5.74) is -0.377. The Morgan fingerprint density at radius 1 is 1.26 bits per heavy atom. The number of hydrogen-bond donors (Lipinski definition) is 1. The highest BCUT2D eigenvalue weighted by Gasteiger charge is 2.31. The Balaban J connectivity index is 1.94. The average Bonchev–Trinajstić information content (AvgIpc) is 2.67. The van der Waals surface area contributed by atoms with Crippen LogP contribution in [-0.2, 0) is 4.79 Å². The van der Waals surface area contributed by atoms with Gasteiger partial charge in [-0.05, 0) is 30.9 Å². The molecule has 1 fully saturated rings. The molecule has 8 nitrogen and oxygen atoms in total. The fourth-order valence-corrected chi connectivity index (χ4v) is 2.89. The molecule has 27 heavy (non-hydrogen) atoms. The zero-order valence-corrected chi connectivity index (χ0v) is 14.1. The molecule has 1 saturated heterocycles. The number of carboxylic acids is 1. The molecule has 1 aliphatic heterocycles. The van der Waals surface area contributed by atoms with Gasteiger partial charge in [-0.3, -0.25) is 14.9 Å². The molecule has 1 N–H and O–H groups in total. The Labute approximate surface area is 153 Å². The molecule has 2 heterocycles. The van der Waals surface area contributed by atoms with Crippen LogP contribution in [0, 0.1) is 33.7 Å². The van der Waals surface area contributed by atoms with E-state index < -0.39 is 22.6 Å². The zero-order chi connectivity index (χ0) is 19.4. The van der Waals surface area contributed by atoms with Crippen molar-refractivity contribution >= 4 is 17.5 Å². The maximum absolute atomic E-state index is 13.7. The van der Waals surface area contributed by atoms with Crippen molar-refractivity contribution in [3.63, 3.8) is 0 Å². The average molecular weight is 370 g/mol. The molecular formula is C18H15FN4O4. The maximum Gasteiger partial charge on any atom is 0.345 e. The molecule has 0 amide bonds. The van der Waals surface area contributed by atoms with Gasteiger partial charge in [0.1, 0.15) is 12.1 Å². The Kier molecular flexibility index (Phi) is 5.26. The first-order chi connectivity index (χ1) is 13.0. The van der Waals surface area contributed by atoms with Gasteiger partial charge in [-0.1, -0.05) is 18.1 Å². The van der Waals surface area contributed by atoms with Gasteiger partial charge in [-0.25, -0.2) is 14.4 Å². The number of anilines is 1. The summed E-state index contributed by atoms with van der Waals surface area (Å²) >= 11 is 0. The Bertz CT molecular complexity index is 946. The monoisotopic (exact) mass is 370 g/mol. The molecule has 0 bridgehead atoms. The minimum Gasteiger partial charge on any atom is -0.481 e. The summed E-state index contributed by atoms with van der Waals surface area (Å²) in [6.07, 6.45) is 1.90. The second-order valence-corrected chi connectivity index (χ2v) is 5.98. The van der Waals surface area contributed by atoms with Crippen LogP contribution in [0.25, 0.3) is 0 Å². The van der Waals surface area contributed by atoms with Gasteiger partial charge in [0, 0.05) is 13.1 Å². The fourth-order valence-electron chi connectivity index (χ4n) is 2.89. The lowest BCUT2D eigenvalue weighted by Gasteiger charge is -2.30. The van der Waals surface area contributed by atoms with Gasteiger partial charge in [-0.2, -0.15) is 0 Å². The van der Waals surface area contributed by atoms with Crippen molar-refractivity contribution in [2.24, 2.45) is 5.92 Å². The summed E-state index contributed by atoms with van der Waals surface area (Å²) < 4.78 is 13.7. The van der Waals surface area contributed by atoms with Crippen LogP contribution >= 0.6 is 0 Å². The highest BCUT2D eigenvalue weighted by atomic mass is 19.1. The van der Waals surface area contributed by atoms with Crippen LogP contribution in [0.5, 0.6) is 0 Å². The molecule has 2 aromatic rings. The molecule has 1 aromatic carbocycles. The molecule has 1 aromatic heterocycles. The van der Waals surface area contributed by atoms with Crippen LogP contribution in [0.3, 0.4) is 0 Å². The van der Waals surface area contributed by atoms with Gasteiger partial charge in [0.2, 0.25) is 5.82 Å². The number of nitrogens with zero attached hydrogens (tertiary/aromatic N) is 4. The van der Waals surface area contributed by atoms with Gasteiger partial charge in [0.05, 0.1) is 16.4 Å². The van der Waals surface area contributed by atoms with E-state index >= 15 is 0 Å². The van der Waals surface area contributed by atoms with Gasteiger partial charge in [-0.15, -0.1) is 0 Å². The molecule has 0 saturated carbocycles. The molecule has 0 unspecified atom stereocenters. The molecule has 3 rings (SSSR count). The van der Waals surface area contributed by atoms with Crippen molar-refractivity contribution in [2.75, 3.05) is 18.0 Å². The number of carboxylic acid groups (broad SMARTS) is 1. The smallest absolute Gasteiger partial charge is 0.345 e. The molecule has 0 atom stereocenters. The van der Waals surface area contributed by atoms with E-state index in [4.69, 9.17) is 5.11 Å². The van der Waals surface area contributed by atoms with Crippen LogP contribution in [0.4, 0.5) is 15.9 Å². The predicted octanol–water partition coefficient (Wildman–Crippen LogP) is 2.22. The van der Waals surface area contributed by atoms with E-state index in [1.54, 1.807) is 11.0 Å². The summed E-state index contributed by atoms with van der Waals surface area (Å²) in [5, 5.41) is 20.7. The van der Waals surface area contributed by atoms with Crippen LogP contribution in [-0.4, -0.2) is 39.1 Å². The summed E-state index contributed by atoms with van der Waals surface area (Å²) in [7, 11) is 0. The summed E-state index contributed by atoms with van der Waals surface area (Å²) in [5.74, 6) is 3.34. The van der Waals surface area contributed by atoms with E-state index in [1.807, 2.05) is 0 Å². The number of aliphatic carboxylic acids is 1. The summed E-state index contributed by atoms with van der Waals surface area (Å²) in [6, 6.07) is 5.84. The number of benzene rings is 1. The maximum atomic E-state index is 13.7. The number of aromatic nitrogens is 2. The fraction of sp³-hybridized carbons (Fsp3) is 0.278. The number of piperidine rings is 1. The minimum atomic E-state index is -0.872. The number of hydrogen-bond acceptors (Lipinski definition) is 6. The second-order valence-electron chi connectivity index (χ2n) is 5.98. The topological polar surface area (TPSA) is 109 Å². The standard InChI is InChI=1S/C18H15FN4O4/c19-14-4-2-1-3-12(14)5-6-15-16(23(26)27)17(21-11-20-15)22-9-7-13(8-10-22)18(24)25/h1-4,11,13H,7-10H2,(H,24,25). The van der Waals surface area contributed by atoms with E-state index in [-0.39, 0.29) is 22.8 Å². The third kappa shape index (κ3) is 4.00. The lowest BCUT2D eigenvalue weighted by Crippen LogP contribution is -2.37. The van der Waals surface area contributed by atoms with Gasteiger partial charge >= 0.3 is 11.7 Å². The minimum absolute atomic E-state index is 0.0941. The number of nitro groups is 1. The lowest BCUT2D eigenvalue weighted by atomic mass is 9.97. The van der Waals surface area contributed by atoms with Crippen LogP contribution < -0.4 is 4.90 Å². The van der Waals surface area contributed by atoms with E-state index in [0.29, 0.717) is 25.9 Å². The van der Waals surface area contributed by atoms with Crippen LogP contribution in [0.2, 0.25) is 0 Å². The van der Waals surface area contributed by atoms with E-state index in [1.165, 1.54) is 18.2 Å². The Morgan fingerprint density at radius 3 is 2.59 bits per heavy atom. The highest BCUT2D eigenvalue weighted by Crippen LogP contribution is 2.31. The van der Waals surface area contributed by atoms with Crippen molar-refractivity contribution in [1.82, 2.24) is 9.97 Å². The number of rotatable bonds is 3. The molecular weight excluding hydrogens is 355 g/mol. The number of carbonyl (C=O) groups is 1. The summed E-state index contributed by atoms with van der Waals surface area (Å²) in [6.45, 7) is 0.657. The quantitative estimate of drug-likeness (QED) is 0.501. The molecule has 138 valence electrons. The van der Waals surface area contributed by atoms with Crippen molar-refractivity contribution in [3.8, 4) is 11.8 Å². The SMILES string of the molecule is O=C(O)C1CCN(c2ncnc(C#Cc3ccccc3F)c2[N+](=O)[O-])CC1. The first-order valence-electron chi connectivity index (χ1n) is 8.21. The van der Waals surface area contributed by atoms with Crippen molar-refractivity contribution < 1.29 is 19.2 Å². The Morgan fingerprint density at radius 2 is 1.96 bits per heavy atom. The normalized spacial score (nSPS) is 14.3. The second kappa shape index (κ2) is 7.78. The van der Waals surface area contributed by atoms with Crippen molar-refractivity contribution in [3.05, 3.63) is 57.8 Å². The zero-order valence-electron chi connectivity index (χ0n) is 14.1. The van der Waals surface area contributed by atoms with E-state index in [0.717, 1.165) is 6.33 Å². The lowest BCUT2D eigenvalue weighted by molar-refractivity contribution is -0.384. The first-order valence-corrected chi connectivity index (χ1v) is 8.21. The largest absolute Gasteiger partial charge is 0.481 e. The van der Waals surface area contributed by atoms with E-state index in [9.17, 15) is 19.3 Å². The van der Waals surface area contributed by atoms with Gasteiger partial charge in [0.25, 0.3) is 0 Å². The van der Waals surface area contributed by atoms with Crippen molar-refractivity contribution in [1.29, 1.82) is 0 Å². The predicted molar refractivity (Wildman–Crippen MR) is 93.6 cm³/mol. The van der Waals surface area contributed by atoms with Crippen molar-refractivity contribution in [2.45, 2.75) is 12.8 Å². The molecule has 9 heteroatoms. The first kappa shape index (κ1) is 18.3.